The van der Waals surface area contributed by atoms with Crippen molar-refractivity contribution in [3.8, 4) is 0 Å². The zero-order chi connectivity index (χ0) is 17.2. The van der Waals surface area contributed by atoms with Gasteiger partial charge in [-0.25, -0.2) is 14.8 Å². The van der Waals surface area contributed by atoms with Gasteiger partial charge in [0.1, 0.15) is 10.8 Å². The number of carbonyl (C=O) groups is 1. The van der Waals surface area contributed by atoms with Crippen molar-refractivity contribution in [1.82, 2.24) is 25.2 Å². The highest BCUT2D eigenvalue weighted by molar-refractivity contribution is 7.09. The predicted molar refractivity (Wildman–Crippen MR) is 98.5 cm³/mol. The maximum atomic E-state index is 12.7. The van der Waals surface area contributed by atoms with E-state index in [1.807, 2.05) is 41.6 Å². The van der Waals surface area contributed by atoms with E-state index in [1.165, 1.54) is 0 Å². The monoisotopic (exact) mass is 355 g/mol. The Labute approximate surface area is 150 Å². The van der Waals surface area contributed by atoms with Gasteiger partial charge in [-0.05, 0) is 43.9 Å². The predicted octanol–water partition coefficient (Wildman–Crippen LogP) is 3.76. The number of thiazole rings is 1. The Hall–Kier alpha value is -2.41. The topological polar surface area (TPSA) is 73.9 Å². The third-order valence-corrected chi connectivity index (χ3v) is 5.49. The summed E-state index contributed by atoms with van der Waals surface area (Å²) in [5.41, 5.74) is 3.02. The van der Waals surface area contributed by atoms with Crippen LogP contribution in [-0.4, -0.2) is 32.4 Å². The van der Waals surface area contributed by atoms with Crippen LogP contribution < -0.4 is 5.32 Å². The number of hydrogen-bond donors (Lipinski definition) is 2. The standard InChI is InChI=1S/C18H21N5OS/c1-12-21-14-6-5-13(10-15(14)22-12)11-20-18(24)23-8-3-2-4-16(23)17-19-7-9-25-17/h5-7,9-10,16H,2-4,8,11H2,1H3,(H,20,24)(H,21,22)/t16-/m0/s1. The van der Waals surface area contributed by atoms with Crippen LogP contribution in [0.25, 0.3) is 11.0 Å². The zero-order valence-electron chi connectivity index (χ0n) is 14.2. The first kappa shape index (κ1) is 16.1. The Morgan fingerprint density at radius 1 is 1.44 bits per heavy atom. The number of aryl methyl sites for hydroxylation is 1. The van der Waals surface area contributed by atoms with Gasteiger partial charge in [0, 0.05) is 24.7 Å². The molecule has 0 unspecified atom stereocenters. The van der Waals surface area contributed by atoms with E-state index in [1.54, 1.807) is 11.3 Å². The molecule has 6 nitrogen and oxygen atoms in total. The lowest BCUT2D eigenvalue weighted by atomic mass is 10.0. The fourth-order valence-electron chi connectivity index (χ4n) is 3.40. The lowest BCUT2D eigenvalue weighted by Gasteiger charge is -2.34. The fourth-order valence-corrected chi connectivity index (χ4v) is 4.19. The first-order valence-electron chi connectivity index (χ1n) is 8.60. The molecule has 0 bridgehead atoms. The maximum Gasteiger partial charge on any atom is 0.318 e. The number of fused-ring (bicyclic) bond motifs is 1. The molecule has 0 aliphatic carbocycles. The van der Waals surface area contributed by atoms with Crippen LogP contribution in [0.2, 0.25) is 0 Å². The molecule has 0 spiro atoms. The molecule has 3 heterocycles. The molecule has 0 saturated carbocycles. The molecule has 7 heteroatoms. The molecule has 2 N–H and O–H groups in total. The number of urea groups is 1. The molecule has 130 valence electrons. The van der Waals surface area contributed by atoms with Crippen LogP contribution in [0.4, 0.5) is 4.79 Å². The van der Waals surface area contributed by atoms with Crippen LogP contribution in [0.15, 0.2) is 29.8 Å². The summed E-state index contributed by atoms with van der Waals surface area (Å²) in [4.78, 5) is 26.7. The summed E-state index contributed by atoms with van der Waals surface area (Å²) >= 11 is 1.62. The number of likely N-dealkylation sites (tertiary alicyclic amines) is 1. The van der Waals surface area contributed by atoms with Crippen molar-refractivity contribution in [1.29, 1.82) is 0 Å². The number of rotatable bonds is 3. The smallest absolute Gasteiger partial charge is 0.318 e. The number of aromatic nitrogens is 3. The van der Waals surface area contributed by atoms with Crippen LogP contribution >= 0.6 is 11.3 Å². The van der Waals surface area contributed by atoms with Crippen molar-refractivity contribution in [2.24, 2.45) is 0 Å². The minimum atomic E-state index is -0.0132. The summed E-state index contributed by atoms with van der Waals surface area (Å²) in [6.45, 7) is 3.24. The number of nitrogens with one attached hydrogen (secondary N) is 2. The lowest BCUT2D eigenvalue weighted by molar-refractivity contribution is 0.151. The zero-order valence-corrected chi connectivity index (χ0v) is 15.0. The second-order valence-corrected chi connectivity index (χ2v) is 7.33. The summed E-state index contributed by atoms with van der Waals surface area (Å²) < 4.78 is 0. The number of H-pyrrole nitrogens is 1. The van der Waals surface area contributed by atoms with E-state index < -0.39 is 0 Å². The van der Waals surface area contributed by atoms with E-state index in [4.69, 9.17) is 0 Å². The number of hydrogen-bond acceptors (Lipinski definition) is 4. The Bertz CT molecular complexity index is 873. The largest absolute Gasteiger partial charge is 0.342 e. The number of carbonyl (C=O) groups excluding carboxylic acids is 1. The number of aromatic amines is 1. The van der Waals surface area contributed by atoms with Crippen LogP contribution in [0.3, 0.4) is 0 Å². The molecule has 1 aliphatic heterocycles. The first-order valence-corrected chi connectivity index (χ1v) is 9.48. The van der Waals surface area contributed by atoms with Crippen LogP contribution in [0.1, 0.15) is 41.7 Å². The number of piperidine rings is 1. The minimum Gasteiger partial charge on any atom is -0.342 e. The van der Waals surface area contributed by atoms with Gasteiger partial charge in [0.2, 0.25) is 0 Å². The lowest BCUT2D eigenvalue weighted by Crippen LogP contribution is -2.44. The van der Waals surface area contributed by atoms with Gasteiger partial charge in [-0.15, -0.1) is 11.3 Å². The molecule has 4 rings (SSSR count). The Balaban J connectivity index is 1.44. The number of imidazole rings is 1. The summed E-state index contributed by atoms with van der Waals surface area (Å²) in [7, 11) is 0. The molecule has 25 heavy (non-hydrogen) atoms. The first-order chi connectivity index (χ1) is 12.2. The molecule has 2 amide bonds. The van der Waals surface area contributed by atoms with E-state index >= 15 is 0 Å². The summed E-state index contributed by atoms with van der Waals surface area (Å²) in [5.74, 6) is 0.899. The molecule has 1 aliphatic rings. The van der Waals surface area contributed by atoms with E-state index in [2.05, 4.69) is 20.3 Å². The molecular formula is C18H21N5OS. The van der Waals surface area contributed by atoms with E-state index in [9.17, 15) is 4.79 Å². The molecule has 1 aromatic carbocycles. The van der Waals surface area contributed by atoms with Crippen molar-refractivity contribution >= 4 is 28.4 Å². The minimum absolute atomic E-state index is 0.0132. The maximum absolute atomic E-state index is 12.7. The summed E-state index contributed by atoms with van der Waals surface area (Å²) in [5, 5.41) is 6.07. The SMILES string of the molecule is Cc1nc2ccc(CNC(=O)N3CCCC[C@H]3c3nccs3)cc2[nH]1. The highest BCUT2D eigenvalue weighted by Gasteiger charge is 2.29. The average Bonchev–Trinajstić information content (AvgIpc) is 3.28. The third-order valence-electron chi connectivity index (χ3n) is 4.61. The van der Waals surface area contributed by atoms with Crippen molar-refractivity contribution in [3.05, 3.63) is 46.2 Å². The van der Waals surface area contributed by atoms with Crippen molar-refractivity contribution in [2.75, 3.05) is 6.54 Å². The summed E-state index contributed by atoms with van der Waals surface area (Å²) in [6, 6.07) is 6.13. The van der Waals surface area contributed by atoms with Crippen LogP contribution in [-0.2, 0) is 6.54 Å². The average molecular weight is 355 g/mol. The number of nitrogens with zero attached hydrogens (tertiary/aromatic N) is 3. The van der Waals surface area contributed by atoms with E-state index in [0.29, 0.717) is 6.54 Å². The van der Waals surface area contributed by atoms with Gasteiger partial charge < -0.3 is 15.2 Å². The van der Waals surface area contributed by atoms with Gasteiger partial charge in [-0.2, -0.15) is 0 Å². The normalized spacial score (nSPS) is 17.8. The molecule has 2 aromatic heterocycles. The number of benzene rings is 1. The van der Waals surface area contributed by atoms with Gasteiger partial charge in [0.25, 0.3) is 0 Å². The quantitative estimate of drug-likeness (QED) is 0.751. The number of amides is 2. The summed E-state index contributed by atoms with van der Waals surface area (Å²) in [6.07, 6.45) is 4.99. The van der Waals surface area contributed by atoms with Gasteiger partial charge >= 0.3 is 6.03 Å². The molecular weight excluding hydrogens is 334 g/mol. The van der Waals surface area contributed by atoms with E-state index in [-0.39, 0.29) is 12.1 Å². The molecule has 1 atom stereocenters. The Morgan fingerprint density at radius 2 is 2.36 bits per heavy atom. The van der Waals surface area contributed by atoms with Crippen LogP contribution in [0.5, 0.6) is 0 Å². The van der Waals surface area contributed by atoms with Crippen molar-refractivity contribution in [2.45, 2.75) is 38.8 Å². The molecule has 1 saturated heterocycles. The third kappa shape index (κ3) is 3.37. The van der Waals surface area contributed by atoms with E-state index in [0.717, 1.165) is 53.2 Å². The fraction of sp³-hybridized carbons (Fsp3) is 0.389. The highest BCUT2D eigenvalue weighted by Crippen LogP contribution is 2.31. The Morgan fingerprint density at radius 3 is 3.20 bits per heavy atom. The second-order valence-electron chi connectivity index (χ2n) is 6.41. The highest BCUT2D eigenvalue weighted by atomic mass is 32.1. The van der Waals surface area contributed by atoms with Crippen molar-refractivity contribution < 1.29 is 4.79 Å². The van der Waals surface area contributed by atoms with Crippen LogP contribution in [0, 0.1) is 6.92 Å². The molecule has 1 fully saturated rings. The Kier molecular flexibility index (Phi) is 4.40. The second kappa shape index (κ2) is 6.84. The van der Waals surface area contributed by atoms with Gasteiger partial charge in [0.15, 0.2) is 0 Å². The van der Waals surface area contributed by atoms with Gasteiger partial charge in [-0.3, -0.25) is 0 Å². The molecule has 0 radical (unpaired) electrons. The van der Waals surface area contributed by atoms with Gasteiger partial charge in [0.05, 0.1) is 17.1 Å². The molecule has 3 aromatic rings. The van der Waals surface area contributed by atoms with Gasteiger partial charge in [-0.1, -0.05) is 6.07 Å². The van der Waals surface area contributed by atoms with Crippen molar-refractivity contribution in [3.63, 3.8) is 0 Å².